The highest BCUT2D eigenvalue weighted by Gasteiger charge is 2.41. The van der Waals surface area contributed by atoms with Crippen LogP contribution in [-0.2, 0) is 0 Å². The number of hydrogen-bond donors (Lipinski definition) is 1. The molecule has 3 rings (SSSR count). The number of rotatable bonds is 2. The first-order valence-corrected chi connectivity index (χ1v) is 6.26. The number of likely N-dealkylation sites (tertiary alicyclic amines) is 1. The molecule has 80 valence electrons. The van der Waals surface area contributed by atoms with Crippen LogP contribution in [0.2, 0.25) is 0 Å². The lowest BCUT2D eigenvalue weighted by Crippen LogP contribution is -2.37. The summed E-state index contributed by atoms with van der Waals surface area (Å²) in [6.45, 7) is 9.04. The molecule has 4 unspecified atom stereocenters. The van der Waals surface area contributed by atoms with Gasteiger partial charge in [-0.2, -0.15) is 0 Å². The molecule has 1 aliphatic carbocycles. The van der Waals surface area contributed by atoms with Gasteiger partial charge in [-0.25, -0.2) is 0 Å². The maximum atomic E-state index is 3.51. The van der Waals surface area contributed by atoms with Crippen molar-refractivity contribution in [2.45, 2.75) is 19.8 Å². The Labute approximate surface area is 87.0 Å². The summed E-state index contributed by atoms with van der Waals surface area (Å²) in [5.41, 5.74) is 0. The quantitative estimate of drug-likeness (QED) is 0.710. The van der Waals surface area contributed by atoms with E-state index in [9.17, 15) is 0 Å². The summed E-state index contributed by atoms with van der Waals surface area (Å²) in [5.74, 6) is 4.04. The van der Waals surface area contributed by atoms with Crippen LogP contribution in [0.15, 0.2) is 0 Å². The van der Waals surface area contributed by atoms with E-state index in [2.05, 4.69) is 17.1 Å². The Morgan fingerprint density at radius 3 is 2.93 bits per heavy atom. The van der Waals surface area contributed by atoms with Crippen molar-refractivity contribution in [3.63, 3.8) is 0 Å². The van der Waals surface area contributed by atoms with Crippen molar-refractivity contribution in [1.29, 1.82) is 0 Å². The third-order valence-electron chi connectivity index (χ3n) is 4.55. The van der Waals surface area contributed by atoms with Gasteiger partial charge in [0, 0.05) is 13.1 Å². The van der Waals surface area contributed by atoms with Crippen molar-refractivity contribution in [3.05, 3.63) is 0 Å². The van der Waals surface area contributed by atoms with E-state index >= 15 is 0 Å². The lowest BCUT2D eigenvalue weighted by atomic mass is 9.96. The smallest absolute Gasteiger partial charge is 0.00249 e. The molecule has 1 N–H and O–H groups in total. The van der Waals surface area contributed by atoms with Gasteiger partial charge in [-0.3, -0.25) is 0 Å². The van der Waals surface area contributed by atoms with Crippen LogP contribution >= 0.6 is 0 Å². The molecule has 3 fully saturated rings. The predicted octanol–water partition coefficient (Wildman–Crippen LogP) is 1.18. The molecule has 4 atom stereocenters. The molecule has 0 spiro atoms. The Morgan fingerprint density at radius 1 is 1.29 bits per heavy atom. The number of nitrogens with zero attached hydrogens (tertiary/aromatic N) is 1. The molecule has 0 amide bonds. The zero-order valence-corrected chi connectivity index (χ0v) is 9.21. The molecule has 2 saturated heterocycles. The van der Waals surface area contributed by atoms with E-state index in [0.717, 1.165) is 23.7 Å². The maximum absolute atomic E-state index is 3.51. The molecule has 0 aromatic rings. The SMILES string of the molecule is CC1CNCC1CN1CCC2CC2C1. The van der Waals surface area contributed by atoms with E-state index in [4.69, 9.17) is 0 Å². The van der Waals surface area contributed by atoms with E-state index in [1.807, 2.05) is 0 Å². The van der Waals surface area contributed by atoms with Crippen molar-refractivity contribution in [3.8, 4) is 0 Å². The summed E-state index contributed by atoms with van der Waals surface area (Å²) in [7, 11) is 0. The molecular weight excluding hydrogens is 172 g/mol. The fraction of sp³-hybridized carbons (Fsp3) is 1.00. The van der Waals surface area contributed by atoms with Crippen molar-refractivity contribution in [1.82, 2.24) is 10.2 Å². The Hall–Kier alpha value is -0.0800. The number of nitrogens with one attached hydrogen (secondary N) is 1. The van der Waals surface area contributed by atoms with E-state index < -0.39 is 0 Å². The lowest BCUT2D eigenvalue weighted by molar-refractivity contribution is 0.180. The summed E-state index contributed by atoms with van der Waals surface area (Å²) in [6, 6.07) is 0. The van der Waals surface area contributed by atoms with Gasteiger partial charge in [-0.1, -0.05) is 6.92 Å². The lowest BCUT2D eigenvalue weighted by Gasteiger charge is -2.29. The molecule has 2 aliphatic heterocycles. The summed E-state index contributed by atoms with van der Waals surface area (Å²) in [4.78, 5) is 2.72. The van der Waals surface area contributed by atoms with E-state index in [1.165, 1.54) is 45.6 Å². The molecule has 14 heavy (non-hydrogen) atoms. The second kappa shape index (κ2) is 3.49. The van der Waals surface area contributed by atoms with Gasteiger partial charge in [0.25, 0.3) is 0 Å². The second-order valence-corrected chi connectivity index (χ2v) is 5.70. The molecule has 2 heteroatoms. The first-order valence-electron chi connectivity index (χ1n) is 6.26. The van der Waals surface area contributed by atoms with Gasteiger partial charge < -0.3 is 10.2 Å². The van der Waals surface area contributed by atoms with Crippen LogP contribution in [0, 0.1) is 23.7 Å². The minimum Gasteiger partial charge on any atom is -0.316 e. The number of piperidine rings is 1. The van der Waals surface area contributed by atoms with Gasteiger partial charge in [0.1, 0.15) is 0 Å². The van der Waals surface area contributed by atoms with Crippen LogP contribution in [-0.4, -0.2) is 37.6 Å². The zero-order valence-electron chi connectivity index (χ0n) is 9.21. The normalized spacial score (nSPS) is 47.8. The molecular formula is C12H22N2. The Kier molecular flexibility index (Phi) is 2.29. The monoisotopic (exact) mass is 194 g/mol. The third-order valence-corrected chi connectivity index (χ3v) is 4.55. The fourth-order valence-electron chi connectivity index (χ4n) is 3.27. The highest BCUT2D eigenvalue weighted by atomic mass is 15.2. The highest BCUT2D eigenvalue weighted by Crippen LogP contribution is 2.44. The molecule has 1 saturated carbocycles. The number of fused-ring (bicyclic) bond motifs is 1. The molecule has 0 aromatic carbocycles. The topological polar surface area (TPSA) is 15.3 Å². The Morgan fingerprint density at radius 2 is 2.21 bits per heavy atom. The first kappa shape index (κ1) is 9.17. The van der Waals surface area contributed by atoms with Gasteiger partial charge in [0.2, 0.25) is 0 Å². The van der Waals surface area contributed by atoms with Gasteiger partial charge in [-0.05, 0) is 56.1 Å². The second-order valence-electron chi connectivity index (χ2n) is 5.70. The summed E-state index contributed by atoms with van der Waals surface area (Å²) in [6.07, 6.45) is 3.02. The average molecular weight is 194 g/mol. The van der Waals surface area contributed by atoms with Crippen LogP contribution in [0.5, 0.6) is 0 Å². The summed E-state index contributed by atoms with van der Waals surface area (Å²) in [5, 5.41) is 3.51. The molecule has 0 aromatic heterocycles. The minimum atomic E-state index is 0.895. The van der Waals surface area contributed by atoms with Crippen LogP contribution in [0.3, 0.4) is 0 Å². The predicted molar refractivity (Wildman–Crippen MR) is 58.2 cm³/mol. The molecule has 3 aliphatic rings. The first-order chi connectivity index (χ1) is 6.83. The standard InChI is InChI=1S/C12H22N2/c1-9-5-13-6-12(9)8-14-3-2-10-4-11(10)7-14/h9-13H,2-8H2,1H3. The van der Waals surface area contributed by atoms with E-state index in [1.54, 1.807) is 0 Å². The van der Waals surface area contributed by atoms with E-state index in [0.29, 0.717) is 0 Å². The Balaban J connectivity index is 1.51. The third kappa shape index (κ3) is 1.70. The summed E-state index contributed by atoms with van der Waals surface area (Å²) < 4.78 is 0. The van der Waals surface area contributed by atoms with Crippen LogP contribution < -0.4 is 5.32 Å². The van der Waals surface area contributed by atoms with Gasteiger partial charge >= 0.3 is 0 Å². The highest BCUT2D eigenvalue weighted by molar-refractivity contribution is 4.94. The van der Waals surface area contributed by atoms with Gasteiger partial charge in [0.05, 0.1) is 0 Å². The van der Waals surface area contributed by atoms with Crippen molar-refractivity contribution < 1.29 is 0 Å². The van der Waals surface area contributed by atoms with Crippen molar-refractivity contribution >= 4 is 0 Å². The van der Waals surface area contributed by atoms with Gasteiger partial charge in [0.15, 0.2) is 0 Å². The zero-order chi connectivity index (χ0) is 9.54. The molecule has 0 radical (unpaired) electrons. The van der Waals surface area contributed by atoms with Crippen LogP contribution in [0.25, 0.3) is 0 Å². The van der Waals surface area contributed by atoms with Crippen molar-refractivity contribution in [2.75, 3.05) is 32.7 Å². The molecule has 2 nitrogen and oxygen atoms in total. The van der Waals surface area contributed by atoms with Crippen LogP contribution in [0.4, 0.5) is 0 Å². The maximum Gasteiger partial charge on any atom is 0.00249 e. The largest absolute Gasteiger partial charge is 0.316 e. The average Bonchev–Trinajstić information content (AvgIpc) is 2.84. The van der Waals surface area contributed by atoms with Gasteiger partial charge in [-0.15, -0.1) is 0 Å². The number of hydrogen-bond acceptors (Lipinski definition) is 2. The van der Waals surface area contributed by atoms with Crippen LogP contribution in [0.1, 0.15) is 19.8 Å². The molecule has 0 bridgehead atoms. The summed E-state index contributed by atoms with van der Waals surface area (Å²) >= 11 is 0. The van der Waals surface area contributed by atoms with Crippen molar-refractivity contribution in [2.24, 2.45) is 23.7 Å². The fourth-order valence-corrected chi connectivity index (χ4v) is 3.27. The Bertz CT molecular complexity index is 216. The minimum absolute atomic E-state index is 0.895. The molecule has 2 heterocycles. The van der Waals surface area contributed by atoms with E-state index in [-0.39, 0.29) is 0 Å².